The van der Waals surface area contributed by atoms with E-state index in [1.807, 2.05) is 12.1 Å². The number of hydrogen-bond acceptors (Lipinski definition) is 4. The number of nitriles is 2. The Bertz CT molecular complexity index is 658. The molecule has 0 fully saturated rings. The third-order valence-electron chi connectivity index (χ3n) is 3.04. The fourth-order valence-corrected chi connectivity index (χ4v) is 3.70. The van der Waals surface area contributed by atoms with Crippen LogP contribution in [0.2, 0.25) is 0 Å². The SMILES string of the molecule is [C-]#[N+]CCC(C#N)(CCC#N)S(=O)(=O)c1ccccc1. The van der Waals surface area contributed by atoms with Crippen LogP contribution in [0.5, 0.6) is 0 Å². The fourth-order valence-electron chi connectivity index (χ4n) is 1.89. The highest BCUT2D eigenvalue weighted by molar-refractivity contribution is 7.93. The van der Waals surface area contributed by atoms with Gasteiger partial charge in [0.15, 0.2) is 14.6 Å². The molecule has 5 nitrogen and oxygen atoms in total. The van der Waals surface area contributed by atoms with Crippen molar-refractivity contribution in [3.05, 3.63) is 41.7 Å². The molecular weight excluding hydrogens is 274 g/mol. The third kappa shape index (κ3) is 2.96. The lowest BCUT2D eigenvalue weighted by atomic mass is 10.0. The first-order valence-electron chi connectivity index (χ1n) is 5.95. The summed E-state index contributed by atoms with van der Waals surface area (Å²) in [5.41, 5.74) is 0. The van der Waals surface area contributed by atoms with E-state index >= 15 is 0 Å². The second-order valence-electron chi connectivity index (χ2n) is 4.21. The number of nitrogens with zero attached hydrogens (tertiary/aromatic N) is 3. The molecule has 1 unspecified atom stereocenters. The number of rotatable bonds is 6. The van der Waals surface area contributed by atoms with E-state index in [2.05, 4.69) is 4.85 Å². The van der Waals surface area contributed by atoms with Crippen LogP contribution >= 0.6 is 0 Å². The van der Waals surface area contributed by atoms with Crippen molar-refractivity contribution in [2.75, 3.05) is 6.54 Å². The van der Waals surface area contributed by atoms with Gasteiger partial charge in [-0.25, -0.2) is 15.0 Å². The highest BCUT2D eigenvalue weighted by Crippen LogP contribution is 2.33. The highest BCUT2D eigenvalue weighted by Gasteiger charge is 2.45. The second kappa shape index (κ2) is 6.70. The Kier molecular flexibility index (Phi) is 5.26. The smallest absolute Gasteiger partial charge is 0.217 e. The lowest BCUT2D eigenvalue weighted by molar-refractivity contribution is 0.529. The summed E-state index contributed by atoms with van der Waals surface area (Å²) in [5.74, 6) is 0. The summed E-state index contributed by atoms with van der Waals surface area (Å²) in [6.45, 7) is 6.74. The van der Waals surface area contributed by atoms with E-state index in [1.165, 1.54) is 12.1 Å². The topological polar surface area (TPSA) is 86.1 Å². The van der Waals surface area contributed by atoms with Crippen molar-refractivity contribution >= 4 is 9.84 Å². The van der Waals surface area contributed by atoms with Gasteiger partial charge in [0.05, 0.1) is 23.5 Å². The molecule has 0 aromatic heterocycles. The number of hydrogen-bond donors (Lipinski definition) is 0. The van der Waals surface area contributed by atoms with Gasteiger partial charge in [0.2, 0.25) is 6.54 Å². The number of sulfone groups is 1. The molecule has 1 atom stereocenters. The molecule has 1 aromatic carbocycles. The quantitative estimate of drug-likeness (QED) is 0.751. The molecule has 1 aromatic rings. The van der Waals surface area contributed by atoms with E-state index in [4.69, 9.17) is 11.8 Å². The number of benzene rings is 1. The van der Waals surface area contributed by atoms with Crippen molar-refractivity contribution in [2.45, 2.75) is 28.9 Å². The monoisotopic (exact) mass is 287 g/mol. The lowest BCUT2D eigenvalue weighted by Crippen LogP contribution is -2.38. The minimum Gasteiger partial charge on any atom is -0.317 e. The molecule has 20 heavy (non-hydrogen) atoms. The molecule has 0 aliphatic carbocycles. The lowest BCUT2D eigenvalue weighted by Gasteiger charge is -2.23. The van der Waals surface area contributed by atoms with Crippen LogP contribution in [-0.4, -0.2) is 19.7 Å². The maximum atomic E-state index is 12.7. The first-order chi connectivity index (χ1) is 9.54. The average molecular weight is 287 g/mol. The summed E-state index contributed by atoms with van der Waals surface area (Å²) >= 11 is 0. The summed E-state index contributed by atoms with van der Waals surface area (Å²) < 4.78 is 23.6. The molecule has 0 saturated carbocycles. The molecule has 0 bridgehead atoms. The summed E-state index contributed by atoms with van der Waals surface area (Å²) in [7, 11) is -3.91. The zero-order chi connectivity index (χ0) is 15.1. The van der Waals surface area contributed by atoms with Crippen LogP contribution in [0.25, 0.3) is 4.85 Å². The molecule has 0 N–H and O–H groups in total. The second-order valence-corrected chi connectivity index (χ2v) is 6.47. The Morgan fingerprint density at radius 1 is 1.20 bits per heavy atom. The summed E-state index contributed by atoms with van der Waals surface area (Å²) in [6.07, 6.45) is -0.226. The normalized spacial score (nSPS) is 13.4. The van der Waals surface area contributed by atoms with Crippen LogP contribution in [0, 0.1) is 29.2 Å². The van der Waals surface area contributed by atoms with Crippen molar-refractivity contribution in [1.82, 2.24) is 0 Å². The van der Waals surface area contributed by atoms with Crippen molar-refractivity contribution in [1.29, 1.82) is 10.5 Å². The Hall–Kier alpha value is -2.36. The maximum absolute atomic E-state index is 12.7. The molecule has 1 rings (SSSR count). The molecule has 0 aliphatic heterocycles. The average Bonchev–Trinajstić information content (AvgIpc) is 2.48. The summed E-state index contributed by atoms with van der Waals surface area (Å²) in [6, 6.07) is 11.4. The predicted octanol–water partition coefficient (Wildman–Crippen LogP) is 2.34. The fraction of sp³-hybridized carbons (Fsp3) is 0.357. The van der Waals surface area contributed by atoms with Gasteiger partial charge >= 0.3 is 0 Å². The van der Waals surface area contributed by atoms with Gasteiger partial charge in [-0.2, -0.15) is 10.5 Å². The van der Waals surface area contributed by atoms with E-state index in [1.54, 1.807) is 18.2 Å². The van der Waals surface area contributed by atoms with Gasteiger partial charge in [0.1, 0.15) is 0 Å². The van der Waals surface area contributed by atoms with Crippen molar-refractivity contribution < 1.29 is 8.42 Å². The Balaban J connectivity index is 3.33. The van der Waals surface area contributed by atoms with Gasteiger partial charge in [0, 0.05) is 6.42 Å². The first-order valence-corrected chi connectivity index (χ1v) is 7.43. The van der Waals surface area contributed by atoms with Crippen molar-refractivity contribution in [3.63, 3.8) is 0 Å². The predicted molar refractivity (Wildman–Crippen MR) is 72.9 cm³/mol. The standard InChI is InChI=1S/C14H13N3O2S/c1-17-11-9-14(12-16,8-5-10-15)20(18,19)13-6-3-2-4-7-13/h2-4,6-7H,5,8-9,11H2. The third-order valence-corrected chi connectivity index (χ3v) is 5.46. The van der Waals surface area contributed by atoms with Gasteiger partial charge in [-0.05, 0) is 18.6 Å². The maximum Gasteiger partial charge on any atom is 0.217 e. The van der Waals surface area contributed by atoms with E-state index in [0.717, 1.165) is 0 Å². The van der Waals surface area contributed by atoms with Gasteiger partial charge < -0.3 is 4.85 Å². The molecule has 6 heteroatoms. The van der Waals surface area contributed by atoms with Crippen LogP contribution in [0.4, 0.5) is 0 Å². The minimum absolute atomic E-state index is 0.0440. The van der Waals surface area contributed by atoms with E-state index in [-0.39, 0.29) is 30.7 Å². The molecule has 0 spiro atoms. The van der Waals surface area contributed by atoms with Crippen LogP contribution in [-0.2, 0) is 9.84 Å². The molecule has 0 saturated heterocycles. The zero-order valence-corrected chi connectivity index (χ0v) is 11.6. The van der Waals surface area contributed by atoms with E-state index in [0.29, 0.717) is 0 Å². The van der Waals surface area contributed by atoms with Gasteiger partial charge in [-0.3, -0.25) is 0 Å². The molecule has 0 radical (unpaired) electrons. The van der Waals surface area contributed by atoms with Crippen LogP contribution in [0.1, 0.15) is 19.3 Å². The molecule has 0 heterocycles. The molecule has 0 amide bonds. The zero-order valence-electron chi connectivity index (χ0n) is 10.8. The van der Waals surface area contributed by atoms with Gasteiger partial charge in [-0.15, -0.1) is 0 Å². The largest absolute Gasteiger partial charge is 0.317 e. The summed E-state index contributed by atoms with van der Waals surface area (Å²) in [5, 5.41) is 18.1. The Morgan fingerprint density at radius 3 is 2.35 bits per heavy atom. The molecular formula is C14H13N3O2S. The van der Waals surface area contributed by atoms with Gasteiger partial charge in [-0.1, -0.05) is 18.2 Å². The van der Waals surface area contributed by atoms with E-state index < -0.39 is 14.6 Å². The van der Waals surface area contributed by atoms with Crippen LogP contribution in [0.15, 0.2) is 35.2 Å². The van der Waals surface area contributed by atoms with Crippen molar-refractivity contribution in [3.8, 4) is 12.1 Å². The summed E-state index contributed by atoms with van der Waals surface area (Å²) in [4.78, 5) is 3.18. The first kappa shape index (κ1) is 15.7. The van der Waals surface area contributed by atoms with Crippen LogP contribution in [0.3, 0.4) is 0 Å². The Labute approximate surface area is 118 Å². The minimum atomic E-state index is -3.91. The highest BCUT2D eigenvalue weighted by atomic mass is 32.2. The van der Waals surface area contributed by atoms with Gasteiger partial charge in [0.25, 0.3) is 0 Å². The van der Waals surface area contributed by atoms with Crippen LogP contribution < -0.4 is 0 Å². The molecule has 0 aliphatic rings. The Morgan fingerprint density at radius 2 is 1.85 bits per heavy atom. The molecule has 102 valence electrons. The van der Waals surface area contributed by atoms with Crippen molar-refractivity contribution in [2.24, 2.45) is 0 Å². The van der Waals surface area contributed by atoms with E-state index in [9.17, 15) is 13.7 Å².